The molecule has 1 unspecified atom stereocenters. The number of hydrogen-bond acceptors (Lipinski definition) is 3. The monoisotopic (exact) mass is 250 g/mol. The Morgan fingerprint density at radius 1 is 1.50 bits per heavy atom. The van der Waals surface area contributed by atoms with Gasteiger partial charge in [0.1, 0.15) is 0 Å². The summed E-state index contributed by atoms with van der Waals surface area (Å²) in [4.78, 5) is 6.99. The average Bonchev–Trinajstić information content (AvgIpc) is 2.83. The number of hydrogen-bond donors (Lipinski definition) is 1. The van der Waals surface area contributed by atoms with Crippen LogP contribution in [0.1, 0.15) is 26.0 Å². The van der Waals surface area contributed by atoms with Gasteiger partial charge in [-0.1, -0.05) is 13.8 Å². The van der Waals surface area contributed by atoms with Crippen LogP contribution in [0.15, 0.2) is 6.20 Å². The van der Waals surface area contributed by atoms with Crippen molar-refractivity contribution in [3.8, 4) is 0 Å². The number of likely N-dealkylation sites (tertiary alicyclic amines) is 1. The van der Waals surface area contributed by atoms with Crippen molar-refractivity contribution in [1.82, 2.24) is 14.5 Å². The zero-order chi connectivity index (χ0) is 13.1. The second kappa shape index (κ2) is 5.74. The average molecular weight is 250 g/mol. The molecule has 0 saturated carbocycles. The van der Waals surface area contributed by atoms with Crippen LogP contribution >= 0.6 is 0 Å². The Morgan fingerprint density at radius 2 is 2.28 bits per heavy atom. The fourth-order valence-electron chi connectivity index (χ4n) is 2.58. The summed E-state index contributed by atoms with van der Waals surface area (Å²) in [6.07, 6.45) is 3.47. The van der Waals surface area contributed by atoms with Crippen LogP contribution in [0, 0.1) is 18.8 Å². The minimum absolute atomic E-state index is 0.646. The molecule has 1 fully saturated rings. The van der Waals surface area contributed by atoms with Gasteiger partial charge >= 0.3 is 0 Å². The van der Waals surface area contributed by atoms with E-state index in [0.717, 1.165) is 30.6 Å². The molecule has 1 aromatic rings. The number of nitrogens with one attached hydrogen (secondary N) is 1. The number of aromatic nitrogens is 2. The van der Waals surface area contributed by atoms with E-state index in [2.05, 4.69) is 53.8 Å². The Kier molecular flexibility index (Phi) is 4.27. The van der Waals surface area contributed by atoms with Crippen molar-refractivity contribution < 1.29 is 0 Å². The number of rotatable bonds is 5. The Balaban J connectivity index is 1.98. The highest BCUT2D eigenvalue weighted by Gasteiger charge is 2.20. The minimum atomic E-state index is 0.646. The number of anilines is 1. The predicted molar refractivity (Wildman–Crippen MR) is 75.9 cm³/mol. The third-order valence-electron chi connectivity index (χ3n) is 3.51. The summed E-state index contributed by atoms with van der Waals surface area (Å²) < 4.78 is 2.29. The zero-order valence-electron chi connectivity index (χ0n) is 12.1. The number of aryl methyl sites for hydroxylation is 1. The van der Waals surface area contributed by atoms with Crippen LogP contribution in [-0.4, -0.2) is 41.1 Å². The van der Waals surface area contributed by atoms with Crippen LogP contribution in [0.25, 0.3) is 0 Å². The second-order valence-corrected chi connectivity index (χ2v) is 6.05. The summed E-state index contributed by atoms with van der Waals surface area (Å²) in [5.41, 5.74) is 1.10. The van der Waals surface area contributed by atoms with Gasteiger partial charge in [-0.2, -0.15) is 0 Å². The molecule has 0 aromatic carbocycles. The molecule has 0 aliphatic carbocycles. The van der Waals surface area contributed by atoms with Gasteiger partial charge in [-0.25, -0.2) is 4.98 Å². The Labute approximate surface area is 110 Å². The van der Waals surface area contributed by atoms with Crippen molar-refractivity contribution in [2.24, 2.45) is 11.8 Å². The minimum Gasteiger partial charge on any atom is -0.355 e. The molecule has 102 valence electrons. The van der Waals surface area contributed by atoms with Gasteiger partial charge in [0.15, 0.2) is 0 Å². The van der Waals surface area contributed by atoms with E-state index < -0.39 is 0 Å². The quantitative estimate of drug-likeness (QED) is 0.870. The maximum absolute atomic E-state index is 4.58. The standard InChI is InChI=1S/C14H26N4/c1-11(2)7-15-14-16-12(3)8-18(14)10-13-5-6-17(4)9-13/h8,11,13H,5-7,9-10H2,1-4H3,(H,15,16). The summed E-state index contributed by atoms with van der Waals surface area (Å²) in [5.74, 6) is 2.45. The van der Waals surface area contributed by atoms with Crippen molar-refractivity contribution in [1.29, 1.82) is 0 Å². The lowest BCUT2D eigenvalue weighted by molar-refractivity contribution is 0.378. The van der Waals surface area contributed by atoms with Gasteiger partial charge in [-0.05, 0) is 38.8 Å². The summed E-state index contributed by atoms with van der Waals surface area (Å²) in [6.45, 7) is 11.0. The maximum atomic E-state index is 4.58. The lowest BCUT2D eigenvalue weighted by Gasteiger charge is -2.15. The molecular weight excluding hydrogens is 224 g/mol. The van der Waals surface area contributed by atoms with Crippen LogP contribution in [0.2, 0.25) is 0 Å². The molecule has 1 N–H and O–H groups in total. The molecule has 1 aromatic heterocycles. The Bertz CT molecular complexity index is 383. The van der Waals surface area contributed by atoms with Gasteiger partial charge in [0.2, 0.25) is 5.95 Å². The van der Waals surface area contributed by atoms with Crippen molar-refractivity contribution >= 4 is 5.95 Å². The van der Waals surface area contributed by atoms with E-state index in [9.17, 15) is 0 Å². The van der Waals surface area contributed by atoms with Crippen LogP contribution < -0.4 is 5.32 Å². The molecule has 18 heavy (non-hydrogen) atoms. The van der Waals surface area contributed by atoms with Gasteiger partial charge < -0.3 is 14.8 Å². The first-order chi connectivity index (χ1) is 8.54. The highest BCUT2D eigenvalue weighted by molar-refractivity contribution is 5.28. The number of imidazole rings is 1. The first-order valence-corrected chi connectivity index (χ1v) is 7.00. The van der Waals surface area contributed by atoms with Crippen molar-refractivity contribution in [2.45, 2.75) is 33.7 Å². The fourth-order valence-corrected chi connectivity index (χ4v) is 2.58. The molecule has 4 heteroatoms. The molecule has 4 nitrogen and oxygen atoms in total. The maximum Gasteiger partial charge on any atom is 0.203 e. The molecule has 1 atom stereocenters. The zero-order valence-corrected chi connectivity index (χ0v) is 12.1. The summed E-state index contributed by atoms with van der Waals surface area (Å²) in [6, 6.07) is 0. The largest absolute Gasteiger partial charge is 0.355 e. The van der Waals surface area contributed by atoms with Crippen molar-refractivity contribution in [3.63, 3.8) is 0 Å². The van der Waals surface area contributed by atoms with E-state index in [1.165, 1.54) is 19.5 Å². The third kappa shape index (κ3) is 3.48. The highest BCUT2D eigenvalue weighted by Crippen LogP contribution is 2.19. The van der Waals surface area contributed by atoms with E-state index in [-0.39, 0.29) is 0 Å². The van der Waals surface area contributed by atoms with Crippen LogP contribution in [0.5, 0.6) is 0 Å². The van der Waals surface area contributed by atoms with Gasteiger partial charge in [-0.3, -0.25) is 0 Å². The smallest absolute Gasteiger partial charge is 0.203 e. The van der Waals surface area contributed by atoms with Crippen LogP contribution in [0.3, 0.4) is 0 Å². The first kappa shape index (κ1) is 13.4. The molecular formula is C14H26N4. The van der Waals surface area contributed by atoms with E-state index in [1.54, 1.807) is 0 Å². The molecule has 0 radical (unpaired) electrons. The van der Waals surface area contributed by atoms with E-state index in [0.29, 0.717) is 5.92 Å². The molecule has 1 saturated heterocycles. The third-order valence-corrected chi connectivity index (χ3v) is 3.51. The second-order valence-electron chi connectivity index (χ2n) is 6.05. The van der Waals surface area contributed by atoms with E-state index >= 15 is 0 Å². The van der Waals surface area contributed by atoms with Gasteiger partial charge in [0.25, 0.3) is 0 Å². The van der Waals surface area contributed by atoms with Crippen LogP contribution in [-0.2, 0) is 6.54 Å². The Morgan fingerprint density at radius 3 is 2.89 bits per heavy atom. The Hall–Kier alpha value is -1.03. The molecule has 2 rings (SSSR count). The number of nitrogens with zero attached hydrogens (tertiary/aromatic N) is 3. The van der Waals surface area contributed by atoms with Gasteiger partial charge in [-0.15, -0.1) is 0 Å². The van der Waals surface area contributed by atoms with Gasteiger partial charge in [0.05, 0.1) is 5.69 Å². The van der Waals surface area contributed by atoms with Crippen molar-refractivity contribution in [2.75, 3.05) is 32.0 Å². The summed E-state index contributed by atoms with van der Waals surface area (Å²) >= 11 is 0. The lowest BCUT2D eigenvalue weighted by atomic mass is 10.1. The summed E-state index contributed by atoms with van der Waals surface area (Å²) in [7, 11) is 2.21. The summed E-state index contributed by atoms with van der Waals surface area (Å²) in [5, 5.41) is 3.46. The van der Waals surface area contributed by atoms with Crippen LogP contribution in [0.4, 0.5) is 5.95 Å². The molecule has 0 bridgehead atoms. The molecule has 2 heterocycles. The highest BCUT2D eigenvalue weighted by atomic mass is 15.2. The topological polar surface area (TPSA) is 33.1 Å². The lowest BCUT2D eigenvalue weighted by Crippen LogP contribution is -2.19. The molecule has 0 spiro atoms. The van der Waals surface area contributed by atoms with Gasteiger partial charge in [0, 0.05) is 25.8 Å². The SMILES string of the molecule is Cc1cn(CC2CCN(C)C2)c(NCC(C)C)n1. The fraction of sp³-hybridized carbons (Fsp3) is 0.786. The molecule has 1 aliphatic heterocycles. The molecule has 0 amide bonds. The molecule has 1 aliphatic rings. The van der Waals surface area contributed by atoms with Crippen molar-refractivity contribution in [3.05, 3.63) is 11.9 Å². The normalized spacial score (nSPS) is 20.8. The predicted octanol–water partition coefficient (Wildman–Crippen LogP) is 2.21. The van der Waals surface area contributed by atoms with E-state index in [1.807, 2.05) is 0 Å². The first-order valence-electron chi connectivity index (χ1n) is 7.00. The van der Waals surface area contributed by atoms with E-state index in [4.69, 9.17) is 0 Å².